The highest BCUT2D eigenvalue weighted by Gasteiger charge is 2.41. The van der Waals surface area contributed by atoms with Gasteiger partial charge in [-0.3, -0.25) is 4.68 Å². The topological polar surface area (TPSA) is 42.7 Å². The van der Waals surface area contributed by atoms with Crippen molar-refractivity contribution in [3.05, 3.63) is 11.9 Å². The maximum Gasteiger partial charge on any atom is 0.0738 e. The van der Waals surface area contributed by atoms with Crippen molar-refractivity contribution in [1.29, 1.82) is 0 Å². The lowest BCUT2D eigenvalue weighted by Gasteiger charge is -2.28. The van der Waals surface area contributed by atoms with Crippen LogP contribution in [0.25, 0.3) is 0 Å². The van der Waals surface area contributed by atoms with Crippen molar-refractivity contribution in [1.82, 2.24) is 20.3 Å². The number of rotatable bonds is 4. The van der Waals surface area contributed by atoms with Gasteiger partial charge in [0.05, 0.1) is 11.9 Å². The van der Waals surface area contributed by atoms with Gasteiger partial charge >= 0.3 is 0 Å². The smallest absolute Gasteiger partial charge is 0.0738 e. The van der Waals surface area contributed by atoms with Crippen LogP contribution in [0.3, 0.4) is 0 Å². The summed E-state index contributed by atoms with van der Waals surface area (Å²) in [6.07, 6.45) is 7.74. The Bertz CT molecular complexity index is 387. The number of fused-ring (bicyclic) bond motifs is 2. The molecule has 0 aromatic carbocycles. The van der Waals surface area contributed by atoms with E-state index >= 15 is 0 Å². The van der Waals surface area contributed by atoms with Crippen molar-refractivity contribution in [2.24, 2.45) is 24.8 Å². The van der Waals surface area contributed by atoms with Crippen LogP contribution < -0.4 is 5.32 Å². The molecule has 2 bridgehead atoms. The van der Waals surface area contributed by atoms with Crippen LogP contribution in [0.15, 0.2) is 6.20 Å². The lowest BCUT2D eigenvalue weighted by atomic mass is 9.84. The molecule has 0 amide bonds. The predicted molar refractivity (Wildman–Crippen MR) is 66.2 cm³/mol. The van der Waals surface area contributed by atoms with Gasteiger partial charge in [0.25, 0.3) is 0 Å². The molecule has 4 nitrogen and oxygen atoms in total. The fraction of sp³-hybridized carbons (Fsp3) is 0.846. The molecular formula is C13H22N4. The Morgan fingerprint density at radius 2 is 2.35 bits per heavy atom. The van der Waals surface area contributed by atoms with E-state index in [1.165, 1.54) is 31.4 Å². The fourth-order valence-electron chi connectivity index (χ4n) is 3.79. The third kappa shape index (κ3) is 2.10. The second kappa shape index (κ2) is 4.41. The van der Waals surface area contributed by atoms with Crippen molar-refractivity contribution in [3.63, 3.8) is 0 Å². The van der Waals surface area contributed by atoms with Gasteiger partial charge in [-0.25, -0.2) is 0 Å². The Labute approximate surface area is 103 Å². The summed E-state index contributed by atoms with van der Waals surface area (Å²) in [5.74, 6) is 2.93. The van der Waals surface area contributed by atoms with E-state index in [1.807, 2.05) is 17.9 Å². The summed E-state index contributed by atoms with van der Waals surface area (Å²) in [6, 6.07) is 0.625. The molecule has 94 valence electrons. The van der Waals surface area contributed by atoms with Gasteiger partial charge in [-0.2, -0.15) is 0 Å². The van der Waals surface area contributed by atoms with Crippen LogP contribution in [0.2, 0.25) is 0 Å². The van der Waals surface area contributed by atoms with Gasteiger partial charge in [-0.05, 0) is 43.9 Å². The number of hydrogen-bond acceptors (Lipinski definition) is 3. The molecule has 2 saturated carbocycles. The molecule has 2 aliphatic rings. The zero-order valence-corrected chi connectivity index (χ0v) is 10.8. The van der Waals surface area contributed by atoms with E-state index in [0.717, 1.165) is 24.3 Å². The van der Waals surface area contributed by atoms with E-state index in [0.29, 0.717) is 6.04 Å². The summed E-state index contributed by atoms with van der Waals surface area (Å²) >= 11 is 0. The first-order chi connectivity index (χ1) is 8.24. The Kier molecular flexibility index (Phi) is 2.90. The maximum absolute atomic E-state index is 3.96. The molecule has 2 fully saturated rings. The van der Waals surface area contributed by atoms with Gasteiger partial charge < -0.3 is 5.32 Å². The molecule has 1 aromatic rings. The zero-order valence-electron chi connectivity index (χ0n) is 10.8. The second-order valence-corrected chi connectivity index (χ2v) is 5.86. The van der Waals surface area contributed by atoms with Gasteiger partial charge in [-0.1, -0.05) is 11.6 Å². The van der Waals surface area contributed by atoms with Gasteiger partial charge in [0.1, 0.15) is 0 Å². The minimum absolute atomic E-state index is 0.625. The molecule has 4 heteroatoms. The van der Waals surface area contributed by atoms with Crippen LogP contribution in [0.1, 0.15) is 38.3 Å². The summed E-state index contributed by atoms with van der Waals surface area (Å²) < 4.78 is 1.85. The molecule has 1 heterocycles. The summed E-state index contributed by atoms with van der Waals surface area (Å²) in [5, 5.41) is 11.5. The lowest BCUT2D eigenvalue weighted by molar-refractivity contribution is 0.258. The Hall–Kier alpha value is -0.900. The molecule has 0 spiro atoms. The van der Waals surface area contributed by atoms with Crippen molar-refractivity contribution < 1.29 is 0 Å². The van der Waals surface area contributed by atoms with Crippen LogP contribution in [-0.2, 0) is 13.6 Å². The molecule has 4 atom stereocenters. The van der Waals surface area contributed by atoms with E-state index < -0.39 is 0 Å². The molecule has 3 rings (SSSR count). The summed E-state index contributed by atoms with van der Waals surface area (Å²) in [7, 11) is 1.95. The van der Waals surface area contributed by atoms with Crippen LogP contribution >= 0.6 is 0 Å². The quantitative estimate of drug-likeness (QED) is 0.862. The lowest BCUT2D eigenvalue weighted by Crippen LogP contribution is -2.36. The number of aryl methyl sites for hydroxylation is 1. The van der Waals surface area contributed by atoms with Crippen LogP contribution in [0.4, 0.5) is 0 Å². The highest BCUT2D eigenvalue weighted by molar-refractivity contribution is 4.97. The Morgan fingerprint density at radius 1 is 1.47 bits per heavy atom. The number of nitrogens with one attached hydrogen (secondary N) is 1. The number of aromatic nitrogens is 3. The van der Waals surface area contributed by atoms with Crippen LogP contribution in [0.5, 0.6) is 0 Å². The third-order valence-electron chi connectivity index (χ3n) is 4.85. The van der Waals surface area contributed by atoms with Gasteiger partial charge in [0.2, 0.25) is 0 Å². The van der Waals surface area contributed by atoms with E-state index in [4.69, 9.17) is 0 Å². The van der Waals surface area contributed by atoms with E-state index in [-0.39, 0.29) is 0 Å². The summed E-state index contributed by atoms with van der Waals surface area (Å²) in [5.41, 5.74) is 1.17. The molecule has 17 heavy (non-hydrogen) atoms. The highest BCUT2D eigenvalue weighted by atomic mass is 15.4. The van der Waals surface area contributed by atoms with Crippen molar-refractivity contribution in [2.75, 3.05) is 0 Å². The molecule has 0 saturated heterocycles. The predicted octanol–water partition coefficient (Wildman–Crippen LogP) is 1.73. The number of hydrogen-bond donors (Lipinski definition) is 1. The molecule has 2 aliphatic carbocycles. The zero-order chi connectivity index (χ0) is 11.8. The van der Waals surface area contributed by atoms with Crippen LogP contribution in [-0.4, -0.2) is 21.0 Å². The molecule has 0 aliphatic heterocycles. The summed E-state index contributed by atoms with van der Waals surface area (Å²) in [4.78, 5) is 0. The van der Waals surface area contributed by atoms with Gasteiger partial charge in [0.15, 0.2) is 0 Å². The standard InChI is InChI=1S/C13H22N4/c1-9(13-6-10-3-4-11(13)5-10)14-7-12-8-15-16-17(12)2/h8-11,13-14H,3-7H2,1-2H3. The second-order valence-electron chi connectivity index (χ2n) is 5.86. The SMILES string of the molecule is CC(NCc1cnnn1C)C1CC2CCC1C2. The highest BCUT2D eigenvalue weighted by Crippen LogP contribution is 2.49. The van der Waals surface area contributed by atoms with E-state index in [1.54, 1.807) is 0 Å². The third-order valence-corrected chi connectivity index (χ3v) is 4.85. The Balaban J connectivity index is 1.54. The minimum Gasteiger partial charge on any atom is -0.308 e. The molecule has 4 unspecified atom stereocenters. The van der Waals surface area contributed by atoms with Crippen LogP contribution in [0, 0.1) is 17.8 Å². The first-order valence-corrected chi connectivity index (χ1v) is 6.81. The first kappa shape index (κ1) is 11.2. The van der Waals surface area contributed by atoms with E-state index in [2.05, 4.69) is 22.6 Å². The fourth-order valence-corrected chi connectivity index (χ4v) is 3.79. The largest absolute Gasteiger partial charge is 0.308 e. The molecule has 1 aromatic heterocycles. The molecular weight excluding hydrogens is 212 g/mol. The van der Waals surface area contributed by atoms with Crippen molar-refractivity contribution in [3.8, 4) is 0 Å². The molecule has 0 radical (unpaired) electrons. The Morgan fingerprint density at radius 3 is 2.94 bits per heavy atom. The average molecular weight is 234 g/mol. The number of nitrogens with zero attached hydrogens (tertiary/aromatic N) is 3. The van der Waals surface area contributed by atoms with Gasteiger partial charge in [-0.15, -0.1) is 5.10 Å². The van der Waals surface area contributed by atoms with E-state index in [9.17, 15) is 0 Å². The average Bonchev–Trinajstić information content (AvgIpc) is 3.01. The van der Waals surface area contributed by atoms with Crippen molar-refractivity contribution >= 4 is 0 Å². The van der Waals surface area contributed by atoms with Gasteiger partial charge in [0, 0.05) is 19.6 Å². The summed E-state index contributed by atoms with van der Waals surface area (Å²) in [6.45, 7) is 3.23. The maximum atomic E-state index is 3.96. The normalized spacial score (nSPS) is 33.2. The first-order valence-electron chi connectivity index (χ1n) is 6.81. The van der Waals surface area contributed by atoms with Crippen molar-refractivity contribution in [2.45, 2.75) is 45.2 Å². The molecule has 1 N–H and O–H groups in total. The minimum atomic E-state index is 0.625. The monoisotopic (exact) mass is 234 g/mol.